The number of esters is 1. The summed E-state index contributed by atoms with van der Waals surface area (Å²) in [6.07, 6.45) is 1.49. The smallest absolute Gasteiger partial charge is 0.337 e. The summed E-state index contributed by atoms with van der Waals surface area (Å²) in [6.45, 7) is 2.18. The molecule has 0 saturated heterocycles. The van der Waals surface area contributed by atoms with Crippen LogP contribution in [-0.2, 0) is 14.8 Å². The summed E-state index contributed by atoms with van der Waals surface area (Å²) >= 11 is 0. The normalized spacial score (nSPS) is 12.9. The average Bonchev–Trinajstić information content (AvgIpc) is 2.45. The highest BCUT2D eigenvalue weighted by Gasteiger charge is 2.20. The summed E-state index contributed by atoms with van der Waals surface area (Å²) in [4.78, 5) is 11.4. The van der Waals surface area contributed by atoms with Gasteiger partial charge in [0, 0.05) is 12.6 Å². The number of benzene rings is 1. The van der Waals surface area contributed by atoms with Crippen LogP contribution in [0.5, 0.6) is 0 Å². The highest BCUT2D eigenvalue weighted by Crippen LogP contribution is 2.13. The van der Waals surface area contributed by atoms with Gasteiger partial charge in [-0.15, -0.1) is 0 Å². The molecule has 0 radical (unpaired) electrons. The van der Waals surface area contributed by atoms with Crippen molar-refractivity contribution < 1.29 is 17.9 Å². The molecule has 0 aromatic heterocycles. The Kier molecular flexibility index (Phi) is 6.12. The van der Waals surface area contributed by atoms with Gasteiger partial charge >= 0.3 is 5.97 Å². The number of carbonyl (C=O) groups excluding carboxylic acids is 1. The third kappa shape index (κ3) is 4.29. The van der Waals surface area contributed by atoms with Crippen molar-refractivity contribution in [3.63, 3.8) is 0 Å². The number of ether oxygens (including phenoxy) is 1. The molecule has 0 saturated carbocycles. The number of methoxy groups -OCH3 is 1. The van der Waals surface area contributed by atoms with Crippen LogP contribution in [-0.4, -0.2) is 34.1 Å². The molecule has 1 atom stereocenters. The van der Waals surface area contributed by atoms with Crippen LogP contribution in [0.15, 0.2) is 29.2 Å². The van der Waals surface area contributed by atoms with Gasteiger partial charge in [-0.2, -0.15) is 0 Å². The maximum atomic E-state index is 12.2. The van der Waals surface area contributed by atoms with E-state index in [9.17, 15) is 13.2 Å². The molecule has 1 aromatic carbocycles. The lowest BCUT2D eigenvalue weighted by atomic mass is 10.2. The van der Waals surface area contributed by atoms with E-state index in [1.165, 1.54) is 31.4 Å². The topological polar surface area (TPSA) is 98.5 Å². The zero-order chi connectivity index (χ0) is 15.2. The van der Waals surface area contributed by atoms with E-state index in [0.29, 0.717) is 6.42 Å². The monoisotopic (exact) mass is 300 g/mol. The largest absolute Gasteiger partial charge is 0.465 e. The second-order valence-electron chi connectivity index (χ2n) is 4.36. The zero-order valence-corrected chi connectivity index (χ0v) is 12.4. The summed E-state index contributed by atoms with van der Waals surface area (Å²) in [6, 6.07) is 5.39. The van der Waals surface area contributed by atoms with E-state index in [1.807, 2.05) is 6.92 Å². The van der Waals surface area contributed by atoms with Crippen LogP contribution in [0.25, 0.3) is 0 Å². The van der Waals surface area contributed by atoms with Crippen LogP contribution in [0.4, 0.5) is 0 Å². The van der Waals surface area contributed by atoms with E-state index in [-0.39, 0.29) is 23.0 Å². The summed E-state index contributed by atoms with van der Waals surface area (Å²) in [5.41, 5.74) is 5.73. The molecule has 0 fully saturated rings. The highest BCUT2D eigenvalue weighted by atomic mass is 32.2. The molecule has 0 aliphatic rings. The molecule has 7 heteroatoms. The Morgan fingerprint density at radius 1 is 1.45 bits per heavy atom. The summed E-state index contributed by atoms with van der Waals surface area (Å²) in [7, 11) is -2.45. The summed E-state index contributed by atoms with van der Waals surface area (Å²) in [5.74, 6) is -0.578. The number of nitrogens with two attached hydrogens (primary N) is 1. The molecule has 3 N–H and O–H groups in total. The van der Waals surface area contributed by atoms with Crippen molar-refractivity contribution in [1.29, 1.82) is 0 Å². The predicted octanol–water partition coefficient (Wildman–Crippen LogP) is 0.879. The Labute approximate surface area is 119 Å². The minimum atomic E-state index is -3.70. The fourth-order valence-electron chi connectivity index (χ4n) is 1.77. The molecule has 1 rings (SSSR count). The van der Waals surface area contributed by atoms with Crippen LogP contribution in [0, 0.1) is 0 Å². The molecule has 0 bridgehead atoms. The minimum absolute atomic E-state index is 0.0231. The molecule has 1 aromatic rings. The van der Waals surface area contributed by atoms with E-state index >= 15 is 0 Å². The van der Waals surface area contributed by atoms with Gasteiger partial charge in [0.15, 0.2) is 0 Å². The van der Waals surface area contributed by atoms with Crippen molar-refractivity contribution in [3.8, 4) is 0 Å². The molecule has 0 aliphatic carbocycles. The molecule has 0 heterocycles. The third-order valence-corrected chi connectivity index (χ3v) is 4.33. The highest BCUT2D eigenvalue weighted by molar-refractivity contribution is 7.89. The number of hydrogen-bond donors (Lipinski definition) is 2. The van der Waals surface area contributed by atoms with Crippen LogP contribution in [0.3, 0.4) is 0 Å². The van der Waals surface area contributed by atoms with Crippen LogP contribution < -0.4 is 10.5 Å². The van der Waals surface area contributed by atoms with Gasteiger partial charge in [0.2, 0.25) is 10.0 Å². The van der Waals surface area contributed by atoms with Gasteiger partial charge < -0.3 is 10.5 Å². The summed E-state index contributed by atoms with van der Waals surface area (Å²) in [5, 5.41) is 0. The van der Waals surface area contributed by atoms with E-state index < -0.39 is 16.0 Å². The second-order valence-corrected chi connectivity index (χ2v) is 6.08. The van der Waals surface area contributed by atoms with E-state index in [0.717, 1.165) is 6.42 Å². The molecule has 112 valence electrons. The van der Waals surface area contributed by atoms with Gasteiger partial charge in [-0.25, -0.2) is 17.9 Å². The first kappa shape index (κ1) is 16.6. The molecular weight excluding hydrogens is 280 g/mol. The first-order valence-electron chi connectivity index (χ1n) is 6.35. The van der Waals surface area contributed by atoms with E-state index in [4.69, 9.17) is 5.73 Å². The van der Waals surface area contributed by atoms with Gasteiger partial charge in [-0.05, 0) is 24.6 Å². The number of sulfonamides is 1. The van der Waals surface area contributed by atoms with Crippen LogP contribution >= 0.6 is 0 Å². The van der Waals surface area contributed by atoms with Gasteiger partial charge in [-0.1, -0.05) is 19.4 Å². The SMILES string of the molecule is CCCC(CN)NS(=O)(=O)c1cccc(C(=O)OC)c1. The van der Waals surface area contributed by atoms with Gasteiger partial charge in [-0.3, -0.25) is 0 Å². The number of nitrogens with one attached hydrogen (secondary N) is 1. The average molecular weight is 300 g/mol. The standard InChI is InChI=1S/C13H20N2O4S/c1-3-5-11(9-14)15-20(17,18)12-7-4-6-10(8-12)13(16)19-2/h4,6-8,11,15H,3,5,9,14H2,1-2H3. The Morgan fingerprint density at radius 2 is 2.15 bits per heavy atom. The molecular formula is C13H20N2O4S. The fourth-order valence-corrected chi connectivity index (χ4v) is 3.10. The molecule has 20 heavy (non-hydrogen) atoms. The lowest BCUT2D eigenvalue weighted by Crippen LogP contribution is -2.40. The first-order chi connectivity index (χ1) is 9.44. The molecule has 1 unspecified atom stereocenters. The number of hydrogen-bond acceptors (Lipinski definition) is 5. The Balaban J connectivity index is 3.00. The summed E-state index contributed by atoms with van der Waals surface area (Å²) < 4.78 is 31.6. The van der Waals surface area contributed by atoms with Gasteiger partial charge in [0.05, 0.1) is 17.6 Å². The molecule has 6 nitrogen and oxygen atoms in total. The number of carbonyl (C=O) groups is 1. The van der Waals surface area contributed by atoms with Crippen LogP contribution in [0.2, 0.25) is 0 Å². The number of rotatable bonds is 7. The van der Waals surface area contributed by atoms with Gasteiger partial charge in [0.1, 0.15) is 0 Å². The molecule has 0 amide bonds. The van der Waals surface area contributed by atoms with Crippen molar-refractivity contribution in [2.24, 2.45) is 5.73 Å². The van der Waals surface area contributed by atoms with Crippen molar-refractivity contribution in [2.45, 2.75) is 30.7 Å². The fraction of sp³-hybridized carbons (Fsp3) is 0.462. The van der Waals surface area contributed by atoms with Crippen LogP contribution in [0.1, 0.15) is 30.1 Å². The van der Waals surface area contributed by atoms with Crippen molar-refractivity contribution >= 4 is 16.0 Å². The zero-order valence-electron chi connectivity index (χ0n) is 11.6. The molecule has 0 spiro atoms. The maximum Gasteiger partial charge on any atom is 0.337 e. The quantitative estimate of drug-likeness (QED) is 0.728. The lowest BCUT2D eigenvalue weighted by molar-refractivity contribution is 0.0600. The van der Waals surface area contributed by atoms with E-state index in [1.54, 1.807) is 0 Å². The minimum Gasteiger partial charge on any atom is -0.465 e. The van der Waals surface area contributed by atoms with Gasteiger partial charge in [0.25, 0.3) is 0 Å². The van der Waals surface area contributed by atoms with Crippen molar-refractivity contribution in [3.05, 3.63) is 29.8 Å². The van der Waals surface area contributed by atoms with E-state index in [2.05, 4.69) is 9.46 Å². The Bertz CT molecular complexity index is 557. The Morgan fingerprint density at radius 3 is 2.70 bits per heavy atom. The maximum absolute atomic E-state index is 12.2. The predicted molar refractivity (Wildman–Crippen MR) is 75.9 cm³/mol. The first-order valence-corrected chi connectivity index (χ1v) is 7.83. The third-order valence-electron chi connectivity index (χ3n) is 2.81. The van der Waals surface area contributed by atoms with Crippen molar-refractivity contribution in [1.82, 2.24) is 4.72 Å². The lowest BCUT2D eigenvalue weighted by Gasteiger charge is -2.16. The second kappa shape index (κ2) is 7.37. The molecule has 0 aliphatic heterocycles. The van der Waals surface area contributed by atoms with Crippen molar-refractivity contribution in [2.75, 3.05) is 13.7 Å². The Hall–Kier alpha value is -1.44.